The molecule has 32 heavy (non-hydrogen) atoms. The van der Waals surface area contributed by atoms with Crippen LogP contribution in [0.2, 0.25) is 0 Å². The lowest BCUT2D eigenvalue weighted by molar-refractivity contribution is 0.0927. The predicted octanol–water partition coefficient (Wildman–Crippen LogP) is 3.50. The van der Waals surface area contributed by atoms with Gasteiger partial charge in [0.1, 0.15) is 5.75 Å². The summed E-state index contributed by atoms with van der Waals surface area (Å²) in [7, 11) is 1.57. The molecule has 8 heteroatoms. The van der Waals surface area contributed by atoms with E-state index in [0.29, 0.717) is 41.3 Å². The van der Waals surface area contributed by atoms with Gasteiger partial charge in [0.2, 0.25) is 0 Å². The molecule has 0 radical (unpaired) electrons. The quantitative estimate of drug-likeness (QED) is 0.409. The van der Waals surface area contributed by atoms with Crippen LogP contribution in [0.5, 0.6) is 5.75 Å². The van der Waals surface area contributed by atoms with E-state index in [1.54, 1.807) is 79.9 Å². The van der Waals surface area contributed by atoms with E-state index in [9.17, 15) is 14.4 Å². The first kappa shape index (κ1) is 22.4. The van der Waals surface area contributed by atoms with E-state index in [1.165, 1.54) is 0 Å². The fourth-order valence-corrected chi connectivity index (χ4v) is 2.82. The number of benzene rings is 3. The van der Waals surface area contributed by atoms with Gasteiger partial charge in [0.05, 0.1) is 7.11 Å². The van der Waals surface area contributed by atoms with Crippen LogP contribution in [0, 0.1) is 0 Å². The molecule has 3 aromatic rings. The van der Waals surface area contributed by atoms with Gasteiger partial charge in [0.15, 0.2) is 0 Å². The van der Waals surface area contributed by atoms with Crippen LogP contribution in [-0.2, 0) is 0 Å². The SMILES string of the molecule is COc1ccc(NC(=O)Nc2ccc(C(=O)NCCNC(=O)c3ccccc3)cc2)cc1. The number of carbonyl (C=O) groups is 3. The minimum atomic E-state index is -0.401. The van der Waals surface area contributed by atoms with Gasteiger partial charge in [0.25, 0.3) is 11.8 Å². The molecule has 0 unspecified atom stereocenters. The molecule has 0 bridgehead atoms. The number of rotatable bonds is 8. The molecule has 0 saturated heterocycles. The average molecular weight is 432 g/mol. The molecular formula is C24H24N4O4. The summed E-state index contributed by atoms with van der Waals surface area (Å²) in [5.41, 5.74) is 2.18. The van der Waals surface area contributed by atoms with Crippen LogP contribution in [0.15, 0.2) is 78.9 Å². The van der Waals surface area contributed by atoms with Gasteiger partial charge in [-0.3, -0.25) is 9.59 Å². The largest absolute Gasteiger partial charge is 0.497 e. The summed E-state index contributed by atoms with van der Waals surface area (Å²) in [5, 5.41) is 10.9. The van der Waals surface area contributed by atoms with Crippen LogP contribution in [0.3, 0.4) is 0 Å². The van der Waals surface area contributed by atoms with Crippen LogP contribution < -0.4 is 26.0 Å². The van der Waals surface area contributed by atoms with Crippen molar-refractivity contribution in [1.29, 1.82) is 0 Å². The minimum absolute atomic E-state index is 0.191. The van der Waals surface area contributed by atoms with Gasteiger partial charge in [0, 0.05) is 35.6 Å². The van der Waals surface area contributed by atoms with E-state index in [-0.39, 0.29) is 11.8 Å². The maximum atomic E-state index is 12.3. The molecule has 4 amide bonds. The molecule has 0 heterocycles. The van der Waals surface area contributed by atoms with E-state index in [2.05, 4.69) is 21.3 Å². The van der Waals surface area contributed by atoms with Crippen molar-refractivity contribution in [3.63, 3.8) is 0 Å². The van der Waals surface area contributed by atoms with Gasteiger partial charge in [-0.2, -0.15) is 0 Å². The zero-order valence-corrected chi connectivity index (χ0v) is 17.6. The van der Waals surface area contributed by atoms with Crippen molar-refractivity contribution in [2.45, 2.75) is 0 Å². The number of hydrogen-bond donors (Lipinski definition) is 4. The van der Waals surface area contributed by atoms with Crippen molar-refractivity contribution in [1.82, 2.24) is 10.6 Å². The molecule has 4 N–H and O–H groups in total. The van der Waals surface area contributed by atoms with E-state index in [1.807, 2.05) is 6.07 Å². The number of urea groups is 1. The molecule has 164 valence electrons. The van der Waals surface area contributed by atoms with E-state index in [4.69, 9.17) is 4.74 Å². The van der Waals surface area contributed by atoms with Gasteiger partial charge < -0.3 is 26.0 Å². The molecule has 0 aliphatic carbocycles. The predicted molar refractivity (Wildman–Crippen MR) is 123 cm³/mol. The molecule has 3 rings (SSSR count). The summed E-state index contributed by atoms with van der Waals surface area (Å²) in [6, 6.07) is 21.9. The molecule has 0 fully saturated rings. The van der Waals surface area contributed by atoms with Gasteiger partial charge >= 0.3 is 6.03 Å². The van der Waals surface area contributed by atoms with Crippen molar-refractivity contribution < 1.29 is 19.1 Å². The maximum Gasteiger partial charge on any atom is 0.323 e. The molecule has 0 saturated carbocycles. The number of amides is 4. The van der Waals surface area contributed by atoms with Crippen LogP contribution >= 0.6 is 0 Å². The first-order valence-electron chi connectivity index (χ1n) is 9.99. The Morgan fingerprint density at radius 2 is 1.12 bits per heavy atom. The van der Waals surface area contributed by atoms with E-state index < -0.39 is 6.03 Å². The van der Waals surface area contributed by atoms with Gasteiger partial charge in [-0.15, -0.1) is 0 Å². The molecule has 0 aliphatic rings. The highest BCUT2D eigenvalue weighted by Gasteiger charge is 2.08. The average Bonchev–Trinajstić information content (AvgIpc) is 2.83. The van der Waals surface area contributed by atoms with Crippen molar-refractivity contribution >= 4 is 29.2 Å². The van der Waals surface area contributed by atoms with Crippen LogP contribution in [0.25, 0.3) is 0 Å². The van der Waals surface area contributed by atoms with Crippen LogP contribution in [0.1, 0.15) is 20.7 Å². The van der Waals surface area contributed by atoms with E-state index in [0.717, 1.165) is 0 Å². The molecule has 8 nitrogen and oxygen atoms in total. The lowest BCUT2D eigenvalue weighted by Crippen LogP contribution is -2.34. The van der Waals surface area contributed by atoms with Crippen molar-refractivity contribution in [2.24, 2.45) is 0 Å². The van der Waals surface area contributed by atoms with Gasteiger partial charge in [-0.25, -0.2) is 4.79 Å². The van der Waals surface area contributed by atoms with Gasteiger partial charge in [-0.1, -0.05) is 18.2 Å². The molecule has 0 aliphatic heterocycles. The zero-order valence-electron chi connectivity index (χ0n) is 17.6. The van der Waals surface area contributed by atoms with Crippen LogP contribution in [0.4, 0.5) is 16.2 Å². The summed E-state index contributed by atoms with van der Waals surface area (Å²) in [6.45, 7) is 0.603. The number of carbonyl (C=O) groups excluding carboxylic acids is 3. The molecule has 3 aromatic carbocycles. The third kappa shape index (κ3) is 6.60. The van der Waals surface area contributed by atoms with Crippen molar-refractivity contribution in [3.05, 3.63) is 90.0 Å². The molecule has 0 atom stereocenters. The smallest absolute Gasteiger partial charge is 0.323 e. The highest BCUT2D eigenvalue weighted by molar-refractivity contribution is 6.00. The molecular weight excluding hydrogens is 408 g/mol. The summed E-state index contributed by atoms with van der Waals surface area (Å²) < 4.78 is 5.08. The number of methoxy groups -OCH3 is 1. The Balaban J connectivity index is 1.41. The number of anilines is 2. The second kappa shape index (κ2) is 11.2. The molecule has 0 aromatic heterocycles. The highest BCUT2D eigenvalue weighted by atomic mass is 16.5. The molecule has 0 spiro atoms. The lowest BCUT2D eigenvalue weighted by atomic mass is 10.2. The Bertz CT molecular complexity index is 1050. The third-order valence-corrected chi connectivity index (χ3v) is 4.48. The standard InChI is InChI=1S/C24H24N4O4/c1-32-21-13-11-20(12-14-21)28-24(31)27-19-9-7-18(8-10-19)23(30)26-16-15-25-22(29)17-5-3-2-4-6-17/h2-14H,15-16H2,1H3,(H,25,29)(H,26,30)(H2,27,28,31). The third-order valence-electron chi connectivity index (χ3n) is 4.48. The second-order valence-electron chi connectivity index (χ2n) is 6.76. The number of nitrogens with one attached hydrogen (secondary N) is 4. The summed E-state index contributed by atoms with van der Waals surface area (Å²) >= 11 is 0. The topological polar surface area (TPSA) is 109 Å². The summed E-state index contributed by atoms with van der Waals surface area (Å²) in [6.07, 6.45) is 0. The Hall–Kier alpha value is -4.33. The van der Waals surface area contributed by atoms with Crippen molar-refractivity contribution in [3.8, 4) is 5.75 Å². The Kier molecular flexibility index (Phi) is 7.80. The number of hydrogen-bond acceptors (Lipinski definition) is 4. The fraction of sp³-hybridized carbons (Fsp3) is 0.125. The van der Waals surface area contributed by atoms with Crippen molar-refractivity contribution in [2.75, 3.05) is 30.8 Å². The van der Waals surface area contributed by atoms with E-state index >= 15 is 0 Å². The monoisotopic (exact) mass is 432 g/mol. The fourth-order valence-electron chi connectivity index (χ4n) is 2.82. The first-order valence-corrected chi connectivity index (χ1v) is 9.99. The Morgan fingerprint density at radius 3 is 1.62 bits per heavy atom. The van der Waals surface area contributed by atoms with Crippen LogP contribution in [-0.4, -0.2) is 38.0 Å². The van der Waals surface area contributed by atoms with Gasteiger partial charge in [-0.05, 0) is 60.7 Å². The summed E-state index contributed by atoms with van der Waals surface area (Å²) in [4.78, 5) is 36.3. The zero-order chi connectivity index (χ0) is 22.8. The normalized spacial score (nSPS) is 10.0. The minimum Gasteiger partial charge on any atom is -0.497 e. The second-order valence-corrected chi connectivity index (χ2v) is 6.76. The highest BCUT2D eigenvalue weighted by Crippen LogP contribution is 2.16. The first-order chi connectivity index (χ1) is 15.5. The summed E-state index contributed by atoms with van der Waals surface area (Å²) in [5.74, 6) is 0.236. The number of ether oxygens (including phenoxy) is 1. The Morgan fingerprint density at radius 1 is 0.656 bits per heavy atom. The lowest BCUT2D eigenvalue weighted by Gasteiger charge is -2.10. The Labute approximate surface area is 186 Å². The maximum absolute atomic E-state index is 12.3.